The van der Waals surface area contributed by atoms with Gasteiger partial charge < -0.3 is 5.32 Å². The molecule has 0 fully saturated rings. The zero-order valence-corrected chi connectivity index (χ0v) is 14.2. The van der Waals surface area contributed by atoms with E-state index in [2.05, 4.69) is 39.3 Å². The Morgan fingerprint density at radius 1 is 1.47 bits per heavy atom. The minimum Gasteiger partial charge on any atom is -0.311 e. The third-order valence-electron chi connectivity index (χ3n) is 2.92. The molecule has 0 saturated heterocycles. The molecule has 0 spiro atoms. The summed E-state index contributed by atoms with van der Waals surface area (Å²) in [6.45, 7) is 6.79. The largest absolute Gasteiger partial charge is 0.311 e. The molecule has 6 heteroatoms. The van der Waals surface area contributed by atoms with Crippen molar-refractivity contribution in [2.24, 2.45) is 0 Å². The lowest BCUT2D eigenvalue weighted by Gasteiger charge is -2.07. The summed E-state index contributed by atoms with van der Waals surface area (Å²) >= 11 is 11.2. The lowest BCUT2D eigenvalue weighted by Crippen LogP contribution is -2.19. The average molecular weight is 363 g/mol. The Labute approximate surface area is 131 Å². The number of nitrogens with one attached hydrogen (secondary N) is 1. The third kappa shape index (κ3) is 3.81. The molecular weight excluding hydrogens is 346 g/mol. The van der Waals surface area contributed by atoms with Gasteiger partial charge >= 0.3 is 0 Å². The lowest BCUT2D eigenvalue weighted by molar-refractivity contribution is 0.579. The van der Waals surface area contributed by atoms with Gasteiger partial charge in [0.2, 0.25) is 0 Å². The summed E-state index contributed by atoms with van der Waals surface area (Å²) < 4.78 is 4.01. The maximum Gasteiger partial charge on any atom is 0.0931 e. The minimum atomic E-state index is 0.828. The molecule has 3 nitrogen and oxygen atoms in total. The molecule has 2 aromatic heterocycles. The van der Waals surface area contributed by atoms with Crippen LogP contribution in [0.5, 0.6) is 0 Å². The smallest absolute Gasteiger partial charge is 0.0931 e. The number of thiophene rings is 1. The Kier molecular flexibility index (Phi) is 5.45. The van der Waals surface area contributed by atoms with Crippen LogP contribution in [0.25, 0.3) is 0 Å². The van der Waals surface area contributed by atoms with Gasteiger partial charge in [-0.3, -0.25) is 4.68 Å². The first-order valence-corrected chi connectivity index (χ1v) is 8.27. The molecule has 2 heterocycles. The molecule has 0 unspecified atom stereocenters. The van der Waals surface area contributed by atoms with E-state index in [4.69, 9.17) is 11.6 Å². The van der Waals surface area contributed by atoms with Crippen molar-refractivity contribution >= 4 is 38.9 Å². The number of aromatic nitrogens is 2. The Morgan fingerprint density at radius 2 is 2.26 bits per heavy atom. The molecule has 0 aliphatic carbocycles. The summed E-state index contributed by atoms with van der Waals surface area (Å²) in [4.78, 5) is 1.32. The molecule has 0 radical (unpaired) electrons. The summed E-state index contributed by atoms with van der Waals surface area (Å²) in [5.74, 6) is 0. The molecule has 0 aromatic carbocycles. The summed E-state index contributed by atoms with van der Waals surface area (Å²) in [7, 11) is 0. The van der Waals surface area contributed by atoms with Crippen LogP contribution < -0.4 is 5.32 Å². The highest BCUT2D eigenvalue weighted by molar-refractivity contribution is 9.10. The normalized spacial score (nSPS) is 11.2. The highest BCUT2D eigenvalue weighted by atomic mass is 79.9. The lowest BCUT2D eigenvalue weighted by atomic mass is 10.3. The zero-order valence-electron chi connectivity index (χ0n) is 11.0. The monoisotopic (exact) mass is 361 g/mol. The third-order valence-corrected chi connectivity index (χ3v) is 5.24. The second-order valence-corrected chi connectivity index (χ2v) is 6.89. The van der Waals surface area contributed by atoms with Crippen molar-refractivity contribution in [3.05, 3.63) is 37.2 Å². The highest BCUT2D eigenvalue weighted by Crippen LogP contribution is 2.22. The van der Waals surface area contributed by atoms with Gasteiger partial charge in [-0.25, -0.2) is 0 Å². The summed E-state index contributed by atoms with van der Waals surface area (Å²) in [6, 6.07) is 4.04. The van der Waals surface area contributed by atoms with E-state index < -0.39 is 0 Å². The van der Waals surface area contributed by atoms with E-state index in [0.717, 1.165) is 40.6 Å². The molecular formula is C13H17BrClN3S. The Morgan fingerprint density at radius 3 is 2.89 bits per heavy atom. The van der Waals surface area contributed by atoms with Crippen molar-refractivity contribution in [3.63, 3.8) is 0 Å². The maximum absolute atomic E-state index is 5.91. The first-order valence-electron chi connectivity index (χ1n) is 6.28. The molecule has 19 heavy (non-hydrogen) atoms. The van der Waals surface area contributed by atoms with E-state index in [0.29, 0.717) is 0 Å². The van der Waals surface area contributed by atoms with Crippen molar-refractivity contribution in [2.45, 2.75) is 33.4 Å². The first kappa shape index (κ1) is 15.0. The Hall–Kier alpha value is -0.360. The van der Waals surface area contributed by atoms with Gasteiger partial charge in [0.1, 0.15) is 0 Å². The van der Waals surface area contributed by atoms with E-state index in [1.165, 1.54) is 10.6 Å². The number of rotatable bonds is 6. The van der Waals surface area contributed by atoms with Gasteiger partial charge in [-0.2, -0.15) is 5.10 Å². The number of nitrogens with zero attached hydrogens (tertiary/aromatic N) is 2. The number of halogens is 2. The molecule has 0 bridgehead atoms. The van der Waals surface area contributed by atoms with Gasteiger partial charge in [0.05, 0.1) is 20.2 Å². The Bertz CT molecular complexity index is 550. The van der Waals surface area contributed by atoms with Gasteiger partial charge in [-0.05, 0) is 48.3 Å². The maximum atomic E-state index is 5.91. The van der Waals surface area contributed by atoms with Crippen LogP contribution >= 0.6 is 38.9 Å². The van der Waals surface area contributed by atoms with Gasteiger partial charge in [0, 0.05) is 24.5 Å². The molecule has 2 aromatic rings. The van der Waals surface area contributed by atoms with Crippen LogP contribution in [0.3, 0.4) is 0 Å². The van der Waals surface area contributed by atoms with E-state index in [-0.39, 0.29) is 0 Å². The van der Waals surface area contributed by atoms with Crippen molar-refractivity contribution in [1.82, 2.24) is 15.1 Å². The Balaban J connectivity index is 1.85. The quantitative estimate of drug-likeness (QED) is 0.787. The van der Waals surface area contributed by atoms with Crippen LogP contribution in [-0.4, -0.2) is 16.3 Å². The average Bonchev–Trinajstić information content (AvgIpc) is 2.92. The number of aryl methyl sites for hydroxylation is 2. The molecule has 0 atom stereocenters. The molecule has 0 amide bonds. The van der Waals surface area contributed by atoms with Crippen LogP contribution in [0, 0.1) is 6.92 Å². The summed E-state index contributed by atoms with van der Waals surface area (Å²) in [6.07, 6.45) is 1.01. The SMILES string of the molecule is CCn1nc(C)c(Br)c1CNCCc1ccc(Cl)s1. The van der Waals surface area contributed by atoms with Crippen LogP contribution in [-0.2, 0) is 19.5 Å². The van der Waals surface area contributed by atoms with Crippen LogP contribution in [0.1, 0.15) is 23.2 Å². The highest BCUT2D eigenvalue weighted by Gasteiger charge is 2.11. The van der Waals surface area contributed by atoms with Crippen molar-refractivity contribution in [3.8, 4) is 0 Å². The first-order chi connectivity index (χ1) is 9.11. The van der Waals surface area contributed by atoms with Crippen LogP contribution in [0.15, 0.2) is 16.6 Å². The van der Waals surface area contributed by atoms with Crippen molar-refractivity contribution in [2.75, 3.05) is 6.54 Å². The molecule has 1 N–H and O–H groups in total. The number of hydrogen-bond acceptors (Lipinski definition) is 3. The molecule has 0 aliphatic rings. The van der Waals surface area contributed by atoms with Crippen molar-refractivity contribution in [1.29, 1.82) is 0 Å². The van der Waals surface area contributed by atoms with Gasteiger partial charge in [0.25, 0.3) is 0 Å². The summed E-state index contributed by atoms with van der Waals surface area (Å²) in [5.41, 5.74) is 2.26. The predicted molar refractivity (Wildman–Crippen MR) is 85.1 cm³/mol. The minimum absolute atomic E-state index is 0.828. The fraction of sp³-hybridized carbons (Fsp3) is 0.462. The fourth-order valence-electron chi connectivity index (χ4n) is 1.94. The van der Waals surface area contributed by atoms with E-state index >= 15 is 0 Å². The van der Waals surface area contributed by atoms with Gasteiger partial charge in [-0.15, -0.1) is 11.3 Å². The zero-order chi connectivity index (χ0) is 13.8. The van der Waals surface area contributed by atoms with Crippen LogP contribution in [0.2, 0.25) is 4.34 Å². The predicted octanol–water partition coefficient (Wildman–Crippen LogP) is 4.02. The van der Waals surface area contributed by atoms with E-state index in [1.807, 2.05) is 17.7 Å². The molecule has 0 aliphatic heterocycles. The van der Waals surface area contributed by atoms with Crippen molar-refractivity contribution < 1.29 is 0 Å². The summed E-state index contributed by atoms with van der Waals surface area (Å²) in [5, 5.41) is 7.94. The second kappa shape index (κ2) is 6.88. The second-order valence-electron chi connectivity index (χ2n) is 4.29. The topological polar surface area (TPSA) is 29.9 Å². The van der Waals surface area contributed by atoms with Gasteiger partial charge in [-0.1, -0.05) is 11.6 Å². The molecule has 0 saturated carbocycles. The molecule has 2 rings (SSSR count). The van der Waals surface area contributed by atoms with E-state index in [1.54, 1.807) is 11.3 Å². The van der Waals surface area contributed by atoms with Crippen LogP contribution in [0.4, 0.5) is 0 Å². The number of hydrogen-bond donors (Lipinski definition) is 1. The fourth-order valence-corrected chi connectivity index (χ4v) is 3.45. The van der Waals surface area contributed by atoms with E-state index in [9.17, 15) is 0 Å². The van der Waals surface area contributed by atoms with Gasteiger partial charge in [0.15, 0.2) is 0 Å². The standard InChI is InChI=1S/C13H17BrClN3S/c1-3-18-11(13(14)9(2)17-18)8-16-7-6-10-4-5-12(15)19-10/h4-5,16H,3,6-8H2,1-2H3. The molecule has 104 valence electrons.